The molecule has 1 aromatic carbocycles. The quantitative estimate of drug-likeness (QED) is 0.694. The van der Waals surface area contributed by atoms with Crippen LogP contribution in [0, 0.1) is 6.92 Å². The molecule has 2 aliphatic rings. The summed E-state index contributed by atoms with van der Waals surface area (Å²) in [6, 6.07) is 9.04. The molecule has 2 fully saturated rings. The number of aliphatic hydroxyl groups excluding tert-OH is 2. The fourth-order valence-corrected chi connectivity index (χ4v) is 5.56. The average Bonchev–Trinajstić information content (AvgIpc) is 3.10. The number of fused-ring (bicyclic) bond motifs is 3. The lowest BCUT2D eigenvalue weighted by Crippen LogP contribution is -2.47. The highest BCUT2D eigenvalue weighted by atomic mass is 16.3. The van der Waals surface area contributed by atoms with Crippen molar-refractivity contribution in [2.75, 3.05) is 31.1 Å². The average molecular weight is 409 g/mol. The van der Waals surface area contributed by atoms with Crippen molar-refractivity contribution < 1.29 is 10.2 Å². The number of aliphatic hydroxyl groups is 2. The van der Waals surface area contributed by atoms with Crippen LogP contribution in [0.4, 0.5) is 5.82 Å². The minimum Gasteiger partial charge on any atom is -0.392 e. The lowest BCUT2D eigenvalue weighted by Gasteiger charge is -2.40. The Morgan fingerprint density at radius 3 is 2.23 bits per heavy atom. The molecule has 4 heterocycles. The van der Waals surface area contributed by atoms with Gasteiger partial charge in [0.25, 0.3) is 0 Å². The summed E-state index contributed by atoms with van der Waals surface area (Å²) >= 11 is 0. The largest absolute Gasteiger partial charge is 0.392 e. The summed E-state index contributed by atoms with van der Waals surface area (Å²) in [7, 11) is 0. The van der Waals surface area contributed by atoms with E-state index in [-0.39, 0.29) is 13.2 Å². The Morgan fingerprint density at radius 1 is 0.900 bits per heavy atom. The van der Waals surface area contributed by atoms with Gasteiger partial charge in [-0.1, -0.05) is 30.7 Å². The third kappa shape index (κ3) is 3.18. The molecular weight excluding hydrogens is 376 g/mol. The van der Waals surface area contributed by atoms with E-state index in [1.807, 2.05) is 17.5 Å². The highest BCUT2D eigenvalue weighted by Crippen LogP contribution is 2.35. The molecule has 0 saturated carbocycles. The molecular formula is C24H32N4O2. The van der Waals surface area contributed by atoms with Crippen LogP contribution in [0.1, 0.15) is 48.9 Å². The molecule has 3 aromatic rings. The van der Waals surface area contributed by atoms with Gasteiger partial charge in [-0.2, -0.15) is 0 Å². The zero-order valence-corrected chi connectivity index (χ0v) is 17.8. The summed E-state index contributed by atoms with van der Waals surface area (Å²) in [5.74, 6) is 1.02. The molecule has 2 aliphatic heterocycles. The Labute approximate surface area is 177 Å². The van der Waals surface area contributed by atoms with E-state index in [9.17, 15) is 10.2 Å². The maximum Gasteiger partial charge on any atom is 0.157 e. The van der Waals surface area contributed by atoms with E-state index in [0.29, 0.717) is 6.04 Å². The van der Waals surface area contributed by atoms with Gasteiger partial charge in [-0.3, -0.25) is 0 Å². The molecule has 0 radical (unpaired) electrons. The van der Waals surface area contributed by atoms with Gasteiger partial charge in [-0.15, -0.1) is 5.10 Å². The molecule has 0 spiro atoms. The summed E-state index contributed by atoms with van der Waals surface area (Å²) < 4.78 is 1.94. The lowest BCUT2D eigenvalue weighted by molar-refractivity contribution is 0.141. The van der Waals surface area contributed by atoms with E-state index in [1.54, 1.807) is 0 Å². The van der Waals surface area contributed by atoms with Crippen LogP contribution in [0.15, 0.2) is 24.3 Å². The second-order valence-electron chi connectivity index (χ2n) is 8.80. The maximum absolute atomic E-state index is 10.0. The SMILES string of the molecule is Cc1c(CO)c(CO)c2c3ccccc3c(N3CCC(N4CCCCC4)CC3)nn12. The van der Waals surface area contributed by atoms with E-state index in [0.717, 1.165) is 52.0 Å². The van der Waals surface area contributed by atoms with Crippen molar-refractivity contribution in [2.24, 2.45) is 0 Å². The fraction of sp³-hybridized carbons (Fsp3) is 0.542. The van der Waals surface area contributed by atoms with E-state index in [2.05, 4.69) is 28.0 Å². The van der Waals surface area contributed by atoms with Gasteiger partial charge in [0, 0.05) is 46.7 Å². The lowest BCUT2D eigenvalue weighted by atomic mass is 9.99. The van der Waals surface area contributed by atoms with Gasteiger partial charge < -0.3 is 20.0 Å². The Hall–Kier alpha value is -2.15. The standard InChI is InChI=1S/C24H32N4O2/c1-17-21(15-29)22(16-30)23-19-7-3-4-8-20(19)24(25-28(17)23)27-13-9-18(10-14-27)26-11-5-2-6-12-26/h3-4,7-8,18,29-30H,2,5-6,9-16H2,1H3. The topological polar surface area (TPSA) is 64.2 Å². The van der Waals surface area contributed by atoms with Crippen molar-refractivity contribution in [2.45, 2.75) is 58.3 Å². The number of nitrogens with zero attached hydrogens (tertiary/aromatic N) is 4. The number of piperidine rings is 2. The molecule has 5 rings (SSSR count). The zero-order chi connectivity index (χ0) is 20.7. The van der Waals surface area contributed by atoms with Gasteiger partial charge in [-0.25, -0.2) is 4.52 Å². The van der Waals surface area contributed by atoms with Gasteiger partial charge in [0.05, 0.1) is 18.7 Å². The first-order chi connectivity index (χ1) is 14.7. The van der Waals surface area contributed by atoms with Crippen LogP contribution in [0.5, 0.6) is 0 Å². The molecule has 6 heteroatoms. The fourth-order valence-electron chi connectivity index (χ4n) is 5.56. The van der Waals surface area contributed by atoms with Crippen molar-refractivity contribution in [3.8, 4) is 0 Å². The summed E-state index contributed by atoms with van der Waals surface area (Å²) in [6.45, 7) is 6.34. The van der Waals surface area contributed by atoms with E-state index < -0.39 is 0 Å². The van der Waals surface area contributed by atoms with Crippen LogP contribution in [-0.2, 0) is 13.2 Å². The number of rotatable bonds is 4. The number of aryl methyl sites for hydroxylation is 1. The number of hydrogen-bond acceptors (Lipinski definition) is 5. The van der Waals surface area contributed by atoms with Crippen LogP contribution in [-0.4, -0.2) is 56.9 Å². The van der Waals surface area contributed by atoms with Crippen LogP contribution >= 0.6 is 0 Å². The first-order valence-electron chi connectivity index (χ1n) is 11.4. The van der Waals surface area contributed by atoms with Gasteiger partial charge in [-0.05, 0) is 45.7 Å². The first-order valence-corrected chi connectivity index (χ1v) is 11.4. The molecule has 160 valence electrons. The molecule has 30 heavy (non-hydrogen) atoms. The molecule has 2 N–H and O–H groups in total. The van der Waals surface area contributed by atoms with Crippen molar-refractivity contribution in [1.29, 1.82) is 0 Å². The molecule has 0 unspecified atom stereocenters. The summed E-state index contributed by atoms with van der Waals surface area (Å²) in [5.41, 5.74) is 3.40. The van der Waals surface area contributed by atoms with E-state index in [4.69, 9.17) is 5.10 Å². The molecule has 2 aromatic heterocycles. The normalized spacial score (nSPS) is 19.2. The van der Waals surface area contributed by atoms with E-state index >= 15 is 0 Å². The molecule has 0 amide bonds. The molecule has 6 nitrogen and oxygen atoms in total. The monoisotopic (exact) mass is 408 g/mol. The molecule has 2 saturated heterocycles. The Bertz CT molecular complexity index is 1050. The van der Waals surface area contributed by atoms with Gasteiger partial charge in [0.2, 0.25) is 0 Å². The number of anilines is 1. The van der Waals surface area contributed by atoms with Gasteiger partial charge in [0.1, 0.15) is 0 Å². The minimum atomic E-state index is -0.0977. The number of aromatic nitrogens is 2. The summed E-state index contributed by atoms with van der Waals surface area (Å²) in [6.07, 6.45) is 6.44. The summed E-state index contributed by atoms with van der Waals surface area (Å²) in [4.78, 5) is 5.13. The molecule has 0 bridgehead atoms. The van der Waals surface area contributed by atoms with Crippen LogP contribution < -0.4 is 4.90 Å². The first kappa shape index (κ1) is 19.8. The maximum atomic E-state index is 10.0. The molecule has 0 atom stereocenters. The smallest absolute Gasteiger partial charge is 0.157 e. The Kier molecular flexibility index (Phi) is 5.39. The second kappa shape index (κ2) is 8.17. The number of likely N-dealkylation sites (tertiary alicyclic amines) is 1. The van der Waals surface area contributed by atoms with Crippen molar-refractivity contribution >= 4 is 22.1 Å². The predicted octanol–water partition coefficient (Wildman–Crippen LogP) is 3.24. The van der Waals surface area contributed by atoms with Crippen LogP contribution in [0.2, 0.25) is 0 Å². The van der Waals surface area contributed by atoms with Gasteiger partial charge in [0.15, 0.2) is 5.82 Å². The Morgan fingerprint density at radius 2 is 1.57 bits per heavy atom. The Balaban J connectivity index is 1.54. The third-order valence-corrected chi connectivity index (χ3v) is 7.22. The number of hydrogen-bond donors (Lipinski definition) is 2. The van der Waals surface area contributed by atoms with Crippen LogP contribution in [0.25, 0.3) is 16.3 Å². The minimum absolute atomic E-state index is 0.0873. The summed E-state index contributed by atoms with van der Waals surface area (Å²) in [5, 5.41) is 27.2. The van der Waals surface area contributed by atoms with Crippen LogP contribution in [0.3, 0.4) is 0 Å². The van der Waals surface area contributed by atoms with E-state index in [1.165, 1.54) is 45.2 Å². The van der Waals surface area contributed by atoms with Crippen molar-refractivity contribution in [1.82, 2.24) is 14.5 Å². The van der Waals surface area contributed by atoms with Gasteiger partial charge >= 0.3 is 0 Å². The van der Waals surface area contributed by atoms with Crippen molar-refractivity contribution in [3.05, 3.63) is 41.1 Å². The second-order valence-corrected chi connectivity index (χ2v) is 8.80. The molecule has 0 aliphatic carbocycles. The zero-order valence-electron chi connectivity index (χ0n) is 17.8. The van der Waals surface area contributed by atoms with Crippen molar-refractivity contribution in [3.63, 3.8) is 0 Å². The highest BCUT2D eigenvalue weighted by Gasteiger charge is 2.28. The predicted molar refractivity (Wildman–Crippen MR) is 120 cm³/mol. The highest BCUT2D eigenvalue weighted by molar-refractivity contribution is 6.03. The number of benzene rings is 1. The third-order valence-electron chi connectivity index (χ3n) is 7.22.